The first kappa shape index (κ1) is 18.8. The van der Waals surface area contributed by atoms with E-state index in [-0.39, 0.29) is 17.0 Å². The molecule has 27 heavy (non-hydrogen) atoms. The second kappa shape index (κ2) is 8.13. The quantitative estimate of drug-likeness (QED) is 0.674. The Morgan fingerprint density at radius 2 is 2.07 bits per heavy atom. The van der Waals surface area contributed by atoms with Crippen molar-refractivity contribution in [3.63, 3.8) is 0 Å². The minimum absolute atomic E-state index is 0.169. The van der Waals surface area contributed by atoms with Crippen molar-refractivity contribution in [1.29, 1.82) is 0 Å². The molecule has 0 aliphatic rings. The maximum Gasteiger partial charge on any atom is 0.263 e. The predicted octanol–water partition coefficient (Wildman–Crippen LogP) is 1.13. The molecule has 0 atom stereocenters. The SMILES string of the molecule is COCCn1c(C)cc(C)c(C(=O)NCCc2nnc3ccccn23)c1=O. The fourth-order valence-corrected chi connectivity index (χ4v) is 3.10. The molecule has 8 nitrogen and oxygen atoms in total. The van der Waals surface area contributed by atoms with Crippen LogP contribution in [0.1, 0.15) is 27.4 Å². The van der Waals surface area contributed by atoms with E-state index in [0.717, 1.165) is 17.2 Å². The van der Waals surface area contributed by atoms with Crippen molar-refractivity contribution in [1.82, 2.24) is 24.5 Å². The van der Waals surface area contributed by atoms with Gasteiger partial charge in [-0.25, -0.2) is 0 Å². The van der Waals surface area contributed by atoms with E-state index in [1.807, 2.05) is 41.8 Å². The molecule has 0 saturated heterocycles. The maximum atomic E-state index is 12.7. The van der Waals surface area contributed by atoms with Crippen LogP contribution in [0.25, 0.3) is 5.65 Å². The number of aromatic nitrogens is 4. The van der Waals surface area contributed by atoms with Gasteiger partial charge in [0.15, 0.2) is 5.65 Å². The summed E-state index contributed by atoms with van der Waals surface area (Å²) < 4.78 is 8.50. The normalized spacial score (nSPS) is 11.1. The van der Waals surface area contributed by atoms with Crippen molar-refractivity contribution in [2.24, 2.45) is 0 Å². The van der Waals surface area contributed by atoms with Crippen molar-refractivity contribution < 1.29 is 9.53 Å². The Labute approximate surface area is 156 Å². The Morgan fingerprint density at radius 3 is 2.85 bits per heavy atom. The highest BCUT2D eigenvalue weighted by Gasteiger charge is 2.17. The molecule has 0 fully saturated rings. The topological polar surface area (TPSA) is 90.5 Å². The Kier molecular flexibility index (Phi) is 5.66. The highest BCUT2D eigenvalue weighted by molar-refractivity contribution is 5.95. The first-order valence-corrected chi connectivity index (χ1v) is 8.79. The molecular formula is C19H23N5O3. The molecule has 142 valence electrons. The minimum atomic E-state index is -0.377. The van der Waals surface area contributed by atoms with Crippen LogP contribution < -0.4 is 10.9 Å². The van der Waals surface area contributed by atoms with Gasteiger partial charge in [-0.3, -0.25) is 14.0 Å². The molecule has 0 aliphatic heterocycles. The van der Waals surface area contributed by atoms with Gasteiger partial charge in [0, 0.05) is 38.5 Å². The van der Waals surface area contributed by atoms with Crippen LogP contribution >= 0.6 is 0 Å². The summed E-state index contributed by atoms with van der Waals surface area (Å²) in [5.41, 5.74) is 2.10. The maximum absolute atomic E-state index is 12.7. The summed E-state index contributed by atoms with van der Waals surface area (Å²) in [6.07, 6.45) is 2.39. The highest BCUT2D eigenvalue weighted by Crippen LogP contribution is 2.07. The lowest BCUT2D eigenvalue weighted by Gasteiger charge is -2.14. The van der Waals surface area contributed by atoms with Crippen LogP contribution in [0.3, 0.4) is 0 Å². The molecule has 0 spiro atoms. The molecule has 1 amide bonds. The molecule has 3 aromatic rings. The Morgan fingerprint density at radius 1 is 1.26 bits per heavy atom. The molecule has 0 bridgehead atoms. The number of hydrogen-bond donors (Lipinski definition) is 1. The van der Waals surface area contributed by atoms with Gasteiger partial charge >= 0.3 is 0 Å². The summed E-state index contributed by atoms with van der Waals surface area (Å²) in [4.78, 5) is 25.4. The van der Waals surface area contributed by atoms with Crippen molar-refractivity contribution in [3.8, 4) is 0 Å². The van der Waals surface area contributed by atoms with Crippen molar-refractivity contribution in [2.75, 3.05) is 20.3 Å². The Balaban J connectivity index is 1.73. The van der Waals surface area contributed by atoms with Crippen molar-refractivity contribution in [3.05, 3.63) is 63.5 Å². The first-order valence-electron chi connectivity index (χ1n) is 8.79. The molecule has 0 saturated carbocycles. The third-order valence-corrected chi connectivity index (χ3v) is 4.47. The molecule has 0 unspecified atom stereocenters. The average molecular weight is 369 g/mol. The Bertz CT molecular complexity index is 1020. The van der Waals surface area contributed by atoms with E-state index in [2.05, 4.69) is 15.5 Å². The Hall–Kier alpha value is -3.00. The summed E-state index contributed by atoms with van der Waals surface area (Å²) in [6, 6.07) is 7.51. The number of amides is 1. The zero-order valence-electron chi connectivity index (χ0n) is 15.7. The fraction of sp³-hybridized carbons (Fsp3) is 0.368. The number of carbonyl (C=O) groups is 1. The van der Waals surface area contributed by atoms with Crippen LogP contribution in [0.2, 0.25) is 0 Å². The van der Waals surface area contributed by atoms with Gasteiger partial charge in [0.05, 0.1) is 6.61 Å². The zero-order valence-corrected chi connectivity index (χ0v) is 15.7. The van der Waals surface area contributed by atoms with E-state index in [9.17, 15) is 9.59 Å². The molecule has 1 N–H and O–H groups in total. The van der Waals surface area contributed by atoms with Gasteiger partial charge < -0.3 is 14.6 Å². The molecule has 0 aromatic carbocycles. The zero-order chi connectivity index (χ0) is 19.4. The summed E-state index contributed by atoms with van der Waals surface area (Å²) in [5, 5.41) is 11.1. The summed E-state index contributed by atoms with van der Waals surface area (Å²) in [7, 11) is 1.58. The van der Waals surface area contributed by atoms with E-state index in [1.165, 1.54) is 0 Å². The molecular weight excluding hydrogens is 346 g/mol. The van der Waals surface area contributed by atoms with Gasteiger partial charge in [-0.05, 0) is 37.6 Å². The minimum Gasteiger partial charge on any atom is -0.383 e. The molecule has 3 rings (SSSR count). The monoisotopic (exact) mass is 369 g/mol. The standard InChI is InChI=1S/C19H23N5O3/c1-13-12-14(2)23(10-11-27-3)19(26)17(13)18(25)20-8-7-16-22-21-15-6-4-5-9-24(15)16/h4-6,9,12H,7-8,10-11H2,1-3H3,(H,20,25). The van der Waals surface area contributed by atoms with E-state index in [1.54, 1.807) is 18.6 Å². The summed E-state index contributed by atoms with van der Waals surface area (Å²) >= 11 is 0. The number of nitrogens with one attached hydrogen (secondary N) is 1. The number of nitrogens with zero attached hydrogens (tertiary/aromatic N) is 4. The van der Waals surface area contributed by atoms with E-state index in [0.29, 0.717) is 31.7 Å². The lowest BCUT2D eigenvalue weighted by molar-refractivity contribution is 0.0950. The van der Waals surface area contributed by atoms with Gasteiger partial charge in [-0.15, -0.1) is 10.2 Å². The predicted molar refractivity (Wildman–Crippen MR) is 101 cm³/mol. The second-order valence-electron chi connectivity index (χ2n) is 6.34. The molecule has 0 radical (unpaired) electrons. The molecule has 3 aromatic heterocycles. The number of pyridine rings is 2. The molecule has 3 heterocycles. The van der Waals surface area contributed by atoms with E-state index >= 15 is 0 Å². The second-order valence-corrected chi connectivity index (χ2v) is 6.34. The lowest BCUT2D eigenvalue weighted by atomic mass is 10.1. The lowest BCUT2D eigenvalue weighted by Crippen LogP contribution is -2.36. The molecule has 0 aliphatic carbocycles. The fourth-order valence-electron chi connectivity index (χ4n) is 3.10. The van der Waals surface area contributed by atoms with Crippen LogP contribution in [-0.2, 0) is 17.7 Å². The smallest absolute Gasteiger partial charge is 0.263 e. The number of ether oxygens (including phenoxy) is 1. The van der Waals surface area contributed by atoms with E-state index < -0.39 is 0 Å². The number of carbonyl (C=O) groups excluding carboxylic acids is 1. The third kappa shape index (κ3) is 3.90. The van der Waals surface area contributed by atoms with Gasteiger partial charge in [-0.2, -0.15) is 0 Å². The molecule has 8 heteroatoms. The van der Waals surface area contributed by atoms with Crippen LogP contribution in [0.15, 0.2) is 35.3 Å². The average Bonchev–Trinajstić information content (AvgIpc) is 3.04. The number of aryl methyl sites for hydroxylation is 2. The van der Waals surface area contributed by atoms with Crippen molar-refractivity contribution >= 4 is 11.6 Å². The number of fused-ring (bicyclic) bond motifs is 1. The van der Waals surface area contributed by atoms with Crippen LogP contribution in [-0.4, -0.2) is 45.3 Å². The van der Waals surface area contributed by atoms with Crippen molar-refractivity contribution in [2.45, 2.75) is 26.8 Å². The number of rotatable bonds is 7. The number of hydrogen-bond acceptors (Lipinski definition) is 5. The van der Waals surface area contributed by atoms with Gasteiger partial charge in [0.25, 0.3) is 11.5 Å². The van der Waals surface area contributed by atoms with Gasteiger partial charge in [-0.1, -0.05) is 6.07 Å². The van der Waals surface area contributed by atoms with Crippen LogP contribution in [0.5, 0.6) is 0 Å². The van der Waals surface area contributed by atoms with E-state index in [4.69, 9.17) is 4.74 Å². The van der Waals surface area contributed by atoms with Gasteiger partial charge in [0.1, 0.15) is 11.4 Å². The largest absolute Gasteiger partial charge is 0.383 e. The third-order valence-electron chi connectivity index (χ3n) is 4.47. The summed E-state index contributed by atoms with van der Waals surface area (Å²) in [6.45, 7) is 4.80. The number of methoxy groups -OCH3 is 1. The first-order chi connectivity index (χ1) is 13.0. The van der Waals surface area contributed by atoms with Gasteiger partial charge in [0.2, 0.25) is 0 Å². The summed E-state index contributed by atoms with van der Waals surface area (Å²) in [5.74, 6) is 0.376. The van der Waals surface area contributed by atoms with Crippen LogP contribution in [0.4, 0.5) is 0 Å². The van der Waals surface area contributed by atoms with Crippen LogP contribution in [0, 0.1) is 13.8 Å². The highest BCUT2D eigenvalue weighted by atomic mass is 16.5.